The van der Waals surface area contributed by atoms with Gasteiger partial charge in [0.05, 0.1) is 24.6 Å². The molecule has 1 aliphatic rings. The van der Waals surface area contributed by atoms with Crippen molar-refractivity contribution in [2.75, 3.05) is 12.1 Å². The Labute approximate surface area is 172 Å². The highest BCUT2D eigenvalue weighted by molar-refractivity contribution is 9.10. The first-order chi connectivity index (χ1) is 13.2. The first-order valence-electron chi connectivity index (χ1n) is 8.67. The van der Waals surface area contributed by atoms with E-state index in [1.54, 1.807) is 7.11 Å². The highest BCUT2D eigenvalue weighted by Gasteiger charge is 2.31. The average Bonchev–Trinajstić information content (AvgIpc) is 3.14. The highest BCUT2D eigenvalue weighted by atomic mass is 79.9. The highest BCUT2D eigenvalue weighted by Crippen LogP contribution is 2.40. The zero-order valence-corrected chi connectivity index (χ0v) is 17.1. The van der Waals surface area contributed by atoms with E-state index in [1.807, 2.05) is 54.6 Å². The normalized spacial score (nSPS) is 16.3. The second kappa shape index (κ2) is 7.75. The fourth-order valence-corrected chi connectivity index (χ4v) is 3.88. The van der Waals surface area contributed by atoms with Crippen LogP contribution in [0, 0.1) is 0 Å². The molecule has 0 bridgehead atoms. The zero-order chi connectivity index (χ0) is 18.8. The Hall–Kier alpha value is -2.30. The van der Waals surface area contributed by atoms with Crippen LogP contribution in [0.3, 0.4) is 0 Å². The lowest BCUT2D eigenvalue weighted by molar-refractivity contribution is 0.405. The molecule has 3 aromatic rings. The number of anilines is 1. The third kappa shape index (κ3) is 3.73. The zero-order valence-electron chi connectivity index (χ0n) is 14.8. The van der Waals surface area contributed by atoms with Crippen molar-refractivity contribution in [2.45, 2.75) is 12.5 Å². The van der Waals surface area contributed by atoms with Gasteiger partial charge in [0.1, 0.15) is 5.75 Å². The molecule has 4 rings (SSSR count). The van der Waals surface area contributed by atoms with Crippen LogP contribution in [0.1, 0.15) is 23.6 Å². The summed E-state index contributed by atoms with van der Waals surface area (Å²) in [6.45, 7) is 0. The number of rotatable bonds is 4. The Kier molecular flexibility index (Phi) is 5.19. The molecule has 1 atom stereocenters. The van der Waals surface area contributed by atoms with Crippen LogP contribution >= 0.6 is 27.5 Å². The first-order valence-corrected chi connectivity index (χ1v) is 9.84. The Morgan fingerprint density at radius 3 is 2.56 bits per heavy atom. The van der Waals surface area contributed by atoms with Crippen molar-refractivity contribution < 1.29 is 4.74 Å². The van der Waals surface area contributed by atoms with Crippen molar-refractivity contribution in [2.24, 2.45) is 5.10 Å². The summed E-state index contributed by atoms with van der Waals surface area (Å²) in [4.78, 5) is 0. The number of hydrogen-bond donors (Lipinski definition) is 0. The standard InChI is InChI=1S/C22H18BrClN2O/c1-27-22-8-3-2-7-19(22)21-14-20(15-9-11-17(24)12-10-15)25-26(21)18-6-4-5-16(23)13-18/h2-13,21H,14H2,1H3. The Morgan fingerprint density at radius 2 is 1.81 bits per heavy atom. The summed E-state index contributed by atoms with van der Waals surface area (Å²) in [5.41, 5.74) is 4.26. The molecule has 1 heterocycles. The lowest BCUT2D eigenvalue weighted by atomic mass is 9.97. The number of hydrazone groups is 1. The van der Waals surface area contributed by atoms with Crippen molar-refractivity contribution >= 4 is 38.9 Å². The van der Waals surface area contributed by atoms with Crippen molar-refractivity contribution in [3.8, 4) is 5.75 Å². The number of methoxy groups -OCH3 is 1. The van der Waals surface area contributed by atoms with Crippen LogP contribution < -0.4 is 9.75 Å². The molecule has 3 nitrogen and oxygen atoms in total. The largest absolute Gasteiger partial charge is 0.496 e. The minimum absolute atomic E-state index is 0.0566. The van der Waals surface area contributed by atoms with E-state index in [9.17, 15) is 0 Å². The van der Waals surface area contributed by atoms with Gasteiger partial charge in [-0.25, -0.2) is 0 Å². The molecule has 0 fully saturated rings. The van der Waals surface area contributed by atoms with Gasteiger partial charge in [-0.3, -0.25) is 5.01 Å². The van der Waals surface area contributed by atoms with Gasteiger partial charge in [-0.2, -0.15) is 5.10 Å². The van der Waals surface area contributed by atoms with Crippen molar-refractivity contribution in [3.05, 3.63) is 93.4 Å². The maximum atomic E-state index is 6.05. The monoisotopic (exact) mass is 440 g/mol. The van der Waals surface area contributed by atoms with Crippen LogP contribution in [0.4, 0.5) is 5.69 Å². The Balaban J connectivity index is 1.79. The first kappa shape index (κ1) is 18.1. The second-order valence-corrected chi connectivity index (χ2v) is 7.69. The van der Waals surface area contributed by atoms with Crippen LogP contribution in [-0.4, -0.2) is 12.8 Å². The molecule has 0 amide bonds. The van der Waals surface area contributed by atoms with Crippen molar-refractivity contribution in [1.29, 1.82) is 0 Å². The lowest BCUT2D eigenvalue weighted by Gasteiger charge is -2.25. The average molecular weight is 442 g/mol. The van der Waals surface area contributed by atoms with E-state index >= 15 is 0 Å². The van der Waals surface area contributed by atoms with Gasteiger partial charge in [0, 0.05) is 21.5 Å². The SMILES string of the molecule is COc1ccccc1C1CC(c2ccc(Cl)cc2)=NN1c1cccc(Br)c1. The number of ether oxygens (including phenoxy) is 1. The van der Waals surface area contributed by atoms with Gasteiger partial charge in [-0.15, -0.1) is 0 Å². The predicted molar refractivity (Wildman–Crippen MR) is 115 cm³/mol. The van der Waals surface area contributed by atoms with E-state index in [1.165, 1.54) is 0 Å². The molecule has 0 aromatic heterocycles. The van der Waals surface area contributed by atoms with E-state index in [-0.39, 0.29) is 6.04 Å². The molecule has 27 heavy (non-hydrogen) atoms. The smallest absolute Gasteiger partial charge is 0.124 e. The molecule has 0 saturated heterocycles. The number of para-hydroxylation sites is 1. The maximum absolute atomic E-state index is 6.05. The maximum Gasteiger partial charge on any atom is 0.124 e. The van der Waals surface area contributed by atoms with Crippen molar-refractivity contribution in [3.63, 3.8) is 0 Å². The molecule has 136 valence electrons. The Morgan fingerprint density at radius 1 is 1.04 bits per heavy atom. The van der Waals surface area contributed by atoms with Gasteiger partial charge >= 0.3 is 0 Å². The summed E-state index contributed by atoms with van der Waals surface area (Å²) >= 11 is 9.62. The van der Waals surface area contributed by atoms with Crippen LogP contribution in [-0.2, 0) is 0 Å². The fourth-order valence-electron chi connectivity index (χ4n) is 3.37. The van der Waals surface area contributed by atoms with Gasteiger partial charge in [-0.1, -0.05) is 63.9 Å². The van der Waals surface area contributed by atoms with Crippen LogP contribution in [0.2, 0.25) is 5.02 Å². The number of benzene rings is 3. The molecule has 0 radical (unpaired) electrons. The summed E-state index contributed by atoms with van der Waals surface area (Å²) in [5, 5.41) is 7.76. The second-order valence-electron chi connectivity index (χ2n) is 6.34. The van der Waals surface area contributed by atoms with Gasteiger partial charge in [0.2, 0.25) is 0 Å². The van der Waals surface area contributed by atoms with Gasteiger partial charge in [0.15, 0.2) is 0 Å². The van der Waals surface area contributed by atoms with E-state index in [2.05, 4.69) is 39.1 Å². The molecule has 0 aliphatic carbocycles. The Bertz CT molecular complexity index is 988. The van der Waals surface area contributed by atoms with Gasteiger partial charge < -0.3 is 4.74 Å². The summed E-state index contributed by atoms with van der Waals surface area (Å²) in [6, 6.07) is 24.2. The minimum atomic E-state index is 0.0566. The summed E-state index contributed by atoms with van der Waals surface area (Å²) < 4.78 is 6.64. The van der Waals surface area contributed by atoms with Crippen LogP contribution in [0.5, 0.6) is 5.75 Å². The number of halogens is 2. The predicted octanol–water partition coefficient (Wildman–Crippen LogP) is 6.47. The summed E-state index contributed by atoms with van der Waals surface area (Å²) in [6.07, 6.45) is 0.786. The molecule has 1 aliphatic heterocycles. The summed E-state index contributed by atoms with van der Waals surface area (Å²) in [5.74, 6) is 0.870. The molecule has 1 unspecified atom stereocenters. The molecule has 3 aromatic carbocycles. The third-order valence-corrected chi connectivity index (χ3v) is 5.40. The summed E-state index contributed by atoms with van der Waals surface area (Å²) in [7, 11) is 1.71. The molecule has 0 N–H and O–H groups in total. The molecule has 5 heteroatoms. The molecular weight excluding hydrogens is 424 g/mol. The van der Waals surface area contributed by atoms with E-state index < -0.39 is 0 Å². The van der Waals surface area contributed by atoms with Crippen molar-refractivity contribution in [1.82, 2.24) is 0 Å². The topological polar surface area (TPSA) is 24.8 Å². The number of hydrogen-bond acceptors (Lipinski definition) is 3. The van der Waals surface area contributed by atoms with E-state index in [4.69, 9.17) is 21.4 Å². The molecule has 0 spiro atoms. The number of nitrogens with zero attached hydrogens (tertiary/aromatic N) is 2. The van der Waals surface area contributed by atoms with Gasteiger partial charge in [0.25, 0.3) is 0 Å². The van der Waals surface area contributed by atoms with Crippen LogP contribution in [0.15, 0.2) is 82.4 Å². The molecular formula is C22H18BrClN2O. The molecule has 0 saturated carbocycles. The lowest BCUT2D eigenvalue weighted by Crippen LogP contribution is -2.19. The fraction of sp³-hybridized carbons (Fsp3) is 0.136. The van der Waals surface area contributed by atoms with E-state index in [0.717, 1.165) is 44.2 Å². The quantitative estimate of drug-likeness (QED) is 0.464. The van der Waals surface area contributed by atoms with Crippen LogP contribution in [0.25, 0.3) is 0 Å². The third-order valence-electron chi connectivity index (χ3n) is 4.66. The van der Waals surface area contributed by atoms with Gasteiger partial charge in [-0.05, 0) is 42.0 Å². The van der Waals surface area contributed by atoms with E-state index in [0.29, 0.717) is 0 Å². The minimum Gasteiger partial charge on any atom is -0.496 e.